The van der Waals surface area contributed by atoms with Crippen LogP contribution in [0, 0.1) is 5.92 Å². The first-order chi connectivity index (χ1) is 10.2. The largest absolute Gasteiger partial charge is 0.309 e. The average molecular weight is 290 g/mol. The van der Waals surface area contributed by atoms with Crippen LogP contribution < -0.4 is 5.32 Å². The van der Waals surface area contributed by atoms with Crippen LogP contribution in [0.1, 0.15) is 56.3 Å². The van der Waals surface area contributed by atoms with Gasteiger partial charge in [0.15, 0.2) is 0 Å². The van der Waals surface area contributed by atoms with Crippen molar-refractivity contribution in [3.8, 4) is 0 Å². The van der Waals surface area contributed by atoms with E-state index in [4.69, 9.17) is 0 Å². The van der Waals surface area contributed by atoms with Crippen LogP contribution in [0.3, 0.4) is 0 Å². The highest BCUT2D eigenvalue weighted by molar-refractivity contribution is 5.24. The minimum absolute atomic E-state index is 0.520. The number of hydrogen-bond acceptors (Lipinski definition) is 3. The van der Waals surface area contributed by atoms with E-state index in [0.717, 1.165) is 12.5 Å². The van der Waals surface area contributed by atoms with Crippen molar-refractivity contribution < 1.29 is 0 Å². The molecule has 21 heavy (non-hydrogen) atoms. The summed E-state index contributed by atoms with van der Waals surface area (Å²) >= 11 is 0. The fourth-order valence-corrected chi connectivity index (χ4v) is 3.91. The lowest BCUT2D eigenvalue weighted by Crippen LogP contribution is -2.37. The second-order valence-electron chi connectivity index (χ2n) is 6.99. The highest BCUT2D eigenvalue weighted by Crippen LogP contribution is 2.29. The first-order valence-corrected chi connectivity index (χ1v) is 8.70. The molecule has 1 aliphatic carbocycles. The molecule has 2 unspecified atom stereocenters. The third kappa shape index (κ3) is 3.67. The van der Waals surface area contributed by atoms with Crippen molar-refractivity contribution in [1.29, 1.82) is 0 Å². The number of nitrogens with one attached hydrogen (secondary N) is 1. The predicted octanol–water partition coefficient (Wildman–Crippen LogP) is 2.51. The van der Waals surface area contributed by atoms with Crippen LogP contribution in [0.2, 0.25) is 0 Å². The standard InChI is InChI=1S/C17H30N4/c1-14(13-21-9-4-3-5-10-21)11-18-16-7-6-8-17-15(16)12-19-20(17)2/h12,14,16,18H,3-11,13H2,1-2H3. The fourth-order valence-electron chi connectivity index (χ4n) is 3.91. The van der Waals surface area contributed by atoms with E-state index in [9.17, 15) is 0 Å². The second-order valence-corrected chi connectivity index (χ2v) is 6.99. The number of nitrogens with zero attached hydrogens (tertiary/aromatic N) is 3. The van der Waals surface area contributed by atoms with Crippen LogP contribution in [-0.2, 0) is 13.5 Å². The minimum atomic E-state index is 0.520. The monoisotopic (exact) mass is 290 g/mol. The third-order valence-corrected chi connectivity index (χ3v) is 5.11. The van der Waals surface area contributed by atoms with Gasteiger partial charge in [0, 0.05) is 30.9 Å². The van der Waals surface area contributed by atoms with Crippen molar-refractivity contribution >= 4 is 0 Å². The van der Waals surface area contributed by atoms with E-state index < -0.39 is 0 Å². The lowest BCUT2D eigenvalue weighted by molar-refractivity contribution is 0.196. The number of hydrogen-bond donors (Lipinski definition) is 1. The number of aromatic nitrogens is 2. The number of likely N-dealkylation sites (tertiary alicyclic amines) is 1. The summed E-state index contributed by atoms with van der Waals surface area (Å²) in [4.78, 5) is 2.65. The summed E-state index contributed by atoms with van der Waals surface area (Å²) in [5, 5.41) is 8.24. The van der Waals surface area contributed by atoms with Gasteiger partial charge in [0.1, 0.15) is 0 Å². The van der Waals surface area contributed by atoms with Gasteiger partial charge in [0.2, 0.25) is 0 Å². The van der Waals surface area contributed by atoms with Gasteiger partial charge in [-0.2, -0.15) is 5.10 Å². The summed E-state index contributed by atoms with van der Waals surface area (Å²) < 4.78 is 2.06. The molecule has 1 N–H and O–H groups in total. The van der Waals surface area contributed by atoms with Gasteiger partial charge in [-0.05, 0) is 57.7 Å². The maximum absolute atomic E-state index is 4.44. The van der Waals surface area contributed by atoms with E-state index in [1.165, 1.54) is 69.4 Å². The normalized spacial score (nSPS) is 24.8. The number of fused-ring (bicyclic) bond motifs is 1. The van der Waals surface area contributed by atoms with Gasteiger partial charge < -0.3 is 10.2 Å². The molecule has 4 nitrogen and oxygen atoms in total. The molecule has 0 saturated carbocycles. The molecule has 118 valence electrons. The molecule has 0 spiro atoms. The lowest BCUT2D eigenvalue weighted by atomic mass is 9.92. The smallest absolute Gasteiger partial charge is 0.0540 e. The molecule has 2 heterocycles. The van der Waals surface area contributed by atoms with E-state index in [2.05, 4.69) is 40.2 Å². The van der Waals surface area contributed by atoms with Crippen molar-refractivity contribution in [2.75, 3.05) is 26.2 Å². The quantitative estimate of drug-likeness (QED) is 0.904. The van der Waals surface area contributed by atoms with E-state index >= 15 is 0 Å². The molecular weight excluding hydrogens is 260 g/mol. The zero-order valence-electron chi connectivity index (χ0n) is 13.6. The van der Waals surface area contributed by atoms with Gasteiger partial charge in [0.25, 0.3) is 0 Å². The van der Waals surface area contributed by atoms with Crippen LogP contribution in [0.25, 0.3) is 0 Å². The third-order valence-electron chi connectivity index (χ3n) is 5.11. The molecule has 3 rings (SSSR count). The van der Waals surface area contributed by atoms with E-state index in [-0.39, 0.29) is 0 Å². The van der Waals surface area contributed by atoms with Gasteiger partial charge in [0.05, 0.1) is 6.20 Å². The molecule has 1 aliphatic heterocycles. The summed E-state index contributed by atoms with van der Waals surface area (Å²) in [5.41, 5.74) is 2.87. The molecule has 2 atom stereocenters. The SMILES string of the molecule is CC(CNC1CCCc2c1cnn2C)CN1CCCCC1. The molecule has 1 aromatic heterocycles. The zero-order chi connectivity index (χ0) is 14.7. The molecule has 0 amide bonds. The summed E-state index contributed by atoms with van der Waals surface area (Å²) in [6.45, 7) is 7.37. The molecule has 2 aliphatic rings. The van der Waals surface area contributed by atoms with Crippen LogP contribution in [0.4, 0.5) is 0 Å². The van der Waals surface area contributed by atoms with Crippen molar-refractivity contribution in [3.05, 3.63) is 17.5 Å². The Balaban J connectivity index is 1.48. The van der Waals surface area contributed by atoms with Crippen molar-refractivity contribution in [2.24, 2.45) is 13.0 Å². The fraction of sp³-hybridized carbons (Fsp3) is 0.824. The maximum Gasteiger partial charge on any atom is 0.0540 e. The first kappa shape index (κ1) is 15.0. The predicted molar refractivity (Wildman–Crippen MR) is 86.3 cm³/mol. The molecule has 1 saturated heterocycles. The van der Waals surface area contributed by atoms with Gasteiger partial charge in [-0.3, -0.25) is 4.68 Å². The Kier molecular flexibility index (Phi) is 4.96. The second kappa shape index (κ2) is 6.93. The molecule has 4 heteroatoms. The molecule has 0 bridgehead atoms. The van der Waals surface area contributed by atoms with Gasteiger partial charge in [-0.1, -0.05) is 13.3 Å². The highest BCUT2D eigenvalue weighted by atomic mass is 15.3. The first-order valence-electron chi connectivity index (χ1n) is 8.70. The summed E-state index contributed by atoms with van der Waals surface area (Å²) in [7, 11) is 2.07. The zero-order valence-corrected chi connectivity index (χ0v) is 13.6. The van der Waals surface area contributed by atoms with Gasteiger partial charge >= 0.3 is 0 Å². The Morgan fingerprint density at radius 2 is 2.10 bits per heavy atom. The van der Waals surface area contributed by atoms with Crippen LogP contribution in [-0.4, -0.2) is 40.9 Å². The van der Waals surface area contributed by atoms with Crippen LogP contribution in [0.15, 0.2) is 6.20 Å². The Bertz CT molecular complexity index is 448. The summed E-state index contributed by atoms with van der Waals surface area (Å²) in [6.07, 6.45) is 10.0. The Morgan fingerprint density at radius 1 is 1.29 bits per heavy atom. The van der Waals surface area contributed by atoms with Crippen LogP contribution >= 0.6 is 0 Å². The number of aryl methyl sites for hydroxylation is 1. The van der Waals surface area contributed by atoms with Gasteiger partial charge in [-0.25, -0.2) is 0 Å². The lowest BCUT2D eigenvalue weighted by Gasteiger charge is -2.30. The Morgan fingerprint density at radius 3 is 2.90 bits per heavy atom. The number of rotatable bonds is 5. The maximum atomic E-state index is 4.44. The molecule has 0 radical (unpaired) electrons. The Hall–Kier alpha value is -0.870. The topological polar surface area (TPSA) is 33.1 Å². The Labute approximate surface area is 128 Å². The molecule has 1 aromatic rings. The van der Waals surface area contributed by atoms with E-state index in [1.807, 2.05) is 0 Å². The van der Waals surface area contributed by atoms with Crippen LogP contribution in [0.5, 0.6) is 0 Å². The highest BCUT2D eigenvalue weighted by Gasteiger charge is 2.23. The van der Waals surface area contributed by atoms with E-state index in [0.29, 0.717) is 6.04 Å². The summed E-state index contributed by atoms with van der Waals surface area (Å²) in [6, 6.07) is 0.520. The molecule has 0 aromatic carbocycles. The minimum Gasteiger partial charge on any atom is -0.309 e. The van der Waals surface area contributed by atoms with Crippen molar-refractivity contribution in [3.63, 3.8) is 0 Å². The number of piperidine rings is 1. The summed E-state index contributed by atoms with van der Waals surface area (Å²) in [5.74, 6) is 0.727. The van der Waals surface area contributed by atoms with Crippen molar-refractivity contribution in [2.45, 2.75) is 51.5 Å². The van der Waals surface area contributed by atoms with E-state index in [1.54, 1.807) is 0 Å². The molecule has 1 fully saturated rings. The molecular formula is C17H30N4. The van der Waals surface area contributed by atoms with Crippen molar-refractivity contribution in [1.82, 2.24) is 20.0 Å². The average Bonchev–Trinajstić information content (AvgIpc) is 2.88. The van der Waals surface area contributed by atoms with Gasteiger partial charge in [-0.15, -0.1) is 0 Å².